The van der Waals surface area contributed by atoms with Crippen LogP contribution in [0.15, 0.2) is 70.8 Å². The summed E-state index contributed by atoms with van der Waals surface area (Å²) in [6, 6.07) is 19.1. The molecule has 4 aromatic rings. The van der Waals surface area contributed by atoms with Crippen LogP contribution in [0.5, 0.6) is 5.75 Å². The SMILES string of the molecule is Cc1csc(-c2c(C)nc(-c3ccccc3O)n(CCc3ccccc3)c2=O)c1. The zero-order valence-electron chi connectivity index (χ0n) is 16.4. The molecule has 0 aliphatic rings. The minimum Gasteiger partial charge on any atom is -0.507 e. The van der Waals surface area contributed by atoms with E-state index in [0.717, 1.165) is 16.0 Å². The van der Waals surface area contributed by atoms with Crippen LogP contribution in [0.1, 0.15) is 16.8 Å². The summed E-state index contributed by atoms with van der Waals surface area (Å²) in [4.78, 5) is 19.3. The first kappa shape index (κ1) is 19.2. The number of rotatable bonds is 5. The van der Waals surface area contributed by atoms with Gasteiger partial charge in [-0.1, -0.05) is 42.5 Å². The van der Waals surface area contributed by atoms with E-state index in [0.29, 0.717) is 35.6 Å². The van der Waals surface area contributed by atoms with Gasteiger partial charge >= 0.3 is 0 Å². The van der Waals surface area contributed by atoms with Gasteiger partial charge in [0.2, 0.25) is 0 Å². The van der Waals surface area contributed by atoms with E-state index < -0.39 is 0 Å². The topological polar surface area (TPSA) is 55.1 Å². The molecule has 0 aliphatic heterocycles. The highest BCUT2D eigenvalue weighted by Gasteiger charge is 2.19. The summed E-state index contributed by atoms with van der Waals surface area (Å²) in [5.74, 6) is 0.616. The summed E-state index contributed by atoms with van der Waals surface area (Å²) in [5.41, 5.74) is 4.07. The molecule has 0 saturated heterocycles. The maximum atomic E-state index is 13.6. The fourth-order valence-corrected chi connectivity index (χ4v) is 4.46. The second-order valence-electron chi connectivity index (χ2n) is 7.09. The average Bonchev–Trinajstić information content (AvgIpc) is 3.14. The lowest BCUT2D eigenvalue weighted by atomic mass is 10.1. The third kappa shape index (κ3) is 3.87. The summed E-state index contributed by atoms with van der Waals surface area (Å²) in [6.07, 6.45) is 0.703. The predicted molar refractivity (Wildman–Crippen MR) is 119 cm³/mol. The number of thiophene rings is 1. The zero-order valence-corrected chi connectivity index (χ0v) is 17.2. The molecule has 2 aromatic carbocycles. The Morgan fingerprint density at radius 2 is 1.76 bits per heavy atom. The van der Waals surface area contributed by atoms with Crippen molar-refractivity contribution < 1.29 is 5.11 Å². The normalized spacial score (nSPS) is 11.0. The first-order valence-electron chi connectivity index (χ1n) is 9.54. The fraction of sp³-hybridized carbons (Fsp3) is 0.167. The molecule has 1 N–H and O–H groups in total. The molecular formula is C24H22N2O2S. The van der Waals surface area contributed by atoms with Gasteiger partial charge in [-0.2, -0.15) is 0 Å². The molecule has 0 aliphatic carbocycles. The molecule has 0 amide bonds. The largest absolute Gasteiger partial charge is 0.507 e. The first-order chi connectivity index (χ1) is 14.0. The molecule has 0 fully saturated rings. The second-order valence-corrected chi connectivity index (χ2v) is 8.00. The van der Waals surface area contributed by atoms with Crippen LogP contribution in [-0.2, 0) is 13.0 Å². The summed E-state index contributed by atoms with van der Waals surface area (Å²) < 4.78 is 1.69. The van der Waals surface area contributed by atoms with E-state index >= 15 is 0 Å². The Hall–Kier alpha value is -3.18. The van der Waals surface area contributed by atoms with Crippen LogP contribution in [0.4, 0.5) is 0 Å². The van der Waals surface area contributed by atoms with E-state index in [1.165, 1.54) is 0 Å². The minimum atomic E-state index is -0.0754. The molecule has 5 heteroatoms. The number of hydrogen-bond acceptors (Lipinski definition) is 4. The Balaban J connectivity index is 1.88. The smallest absolute Gasteiger partial charge is 0.262 e. The van der Waals surface area contributed by atoms with Gasteiger partial charge in [-0.05, 0) is 55.0 Å². The van der Waals surface area contributed by atoms with E-state index in [1.54, 1.807) is 34.1 Å². The highest BCUT2D eigenvalue weighted by Crippen LogP contribution is 2.31. The first-order valence-corrected chi connectivity index (χ1v) is 10.4. The molecule has 0 radical (unpaired) electrons. The molecule has 0 unspecified atom stereocenters. The van der Waals surface area contributed by atoms with Gasteiger partial charge in [0.15, 0.2) is 0 Å². The number of aromatic hydroxyl groups is 1. The summed E-state index contributed by atoms with van der Waals surface area (Å²) in [7, 11) is 0. The number of benzene rings is 2. The minimum absolute atomic E-state index is 0.0754. The molecule has 146 valence electrons. The number of phenolic OH excluding ortho intramolecular Hbond substituents is 1. The Morgan fingerprint density at radius 1 is 1.03 bits per heavy atom. The highest BCUT2D eigenvalue weighted by molar-refractivity contribution is 7.13. The summed E-state index contributed by atoms with van der Waals surface area (Å²) in [5, 5.41) is 12.4. The second kappa shape index (κ2) is 8.05. The van der Waals surface area contributed by atoms with Crippen LogP contribution < -0.4 is 5.56 Å². The molecule has 0 spiro atoms. The molecular weight excluding hydrogens is 380 g/mol. The number of aromatic nitrogens is 2. The quantitative estimate of drug-likeness (QED) is 0.499. The molecule has 0 saturated carbocycles. The van der Waals surface area contributed by atoms with Crippen molar-refractivity contribution >= 4 is 11.3 Å². The maximum absolute atomic E-state index is 13.6. The van der Waals surface area contributed by atoms with Crippen LogP contribution in [0, 0.1) is 13.8 Å². The maximum Gasteiger partial charge on any atom is 0.262 e. The average molecular weight is 403 g/mol. The number of nitrogens with zero attached hydrogens (tertiary/aromatic N) is 2. The molecule has 2 heterocycles. The van der Waals surface area contributed by atoms with Crippen LogP contribution in [-0.4, -0.2) is 14.7 Å². The van der Waals surface area contributed by atoms with Gasteiger partial charge in [-0.15, -0.1) is 11.3 Å². The van der Waals surface area contributed by atoms with Crippen molar-refractivity contribution in [2.45, 2.75) is 26.8 Å². The Labute approximate surface area is 173 Å². The van der Waals surface area contributed by atoms with Crippen molar-refractivity contribution in [1.29, 1.82) is 0 Å². The van der Waals surface area contributed by atoms with Crippen molar-refractivity contribution in [3.05, 3.63) is 93.2 Å². The fourth-order valence-electron chi connectivity index (χ4n) is 3.47. The Bertz CT molecular complexity index is 1210. The predicted octanol–water partition coefficient (Wildman–Crippen LogP) is 5.20. The van der Waals surface area contributed by atoms with Crippen molar-refractivity contribution in [3.8, 4) is 27.6 Å². The molecule has 0 atom stereocenters. The van der Waals surface area contributed by atoms with Crippen LogP contribution in [0.25, 0.3) is 21.8 Å². The van der Waals surface area contributed by atoms with Crippen LogP contribution in [0.2, 0.25) is 0 Å². The van der Waals surface area contributed by atoms with E-state index in [2.05, 4.69) is 12.1 Å². The summed E-state index contributed by atoms with van der Waals surface area (Å²) in [6.45, 7) is 4.36. The van der Waals surface area contributed by atoms with Gasteiger partial charge in [0, 0.05) is 11.4 Å². The number of aryl methyl sites for hydroxylation is 3. The van der Waals surface area contributed by atoms with Crippen LogP contribution >= 0.6 is 11.3 Å². The number of phenols is 1. The summed E-state index contributed by atoms with van der Waals surface area (Å²) >= 11 is 1.56. The van der Waals surface area contributed by atoms with Crippen molar-refractivity contribution in [2.75, 3.05) is 0 Å². The molecule has 4 nitrogen and oxygen atoms in total. The lowest BCUT2D eigenvalue weighted by molar-refractivity contribution is 0.476. The number of para-hydroxylation sites is 1. The lowest BCUT2D eigenvalue weighted by Gasteiger charge is -2.16. The van der Waals surface area contributed by atoms with Gasteiger partial charge in [0.1, 0.15) is 11.6 Å². The standard InChI is InChI=1S/C24H22N2O2S/c1-16-14-21(29-15-16)22-17(2)25-23(19-10-6-7-11-20(19)27)26(24(22)28)13-12-18-8-4-3-5-9-18/h3-11,14-15,27H,12-13H2,1-2H3. The van der Waals surface area contributed by atoms with Crippen molar-refractivity contribution in [2.24, 2.45) is 0 Å². The third-order valence-corrected chi connectivity index (χ3v) is 6.00. The van der Waals surface area contributed by atoms with Gasteiger partial charge in [-0.3, -0.25) is 9.36 Å². The van der Waals surface area contributed by atoms with E-state index in [4.69, 9.17) is 4.98 Å². The lowest BCUT2D eigenvalue weighted by Crippen LogP contribution is -2.26. The molecule has 4 rings (SSSR count). The molecule has 0 bridgehead atoms. The van der Waals surface area contributed by atoms with Gasteiger partial charge < -0.3 is 5.11 Å². The zero-order chi connectivity index (χ0) is 20.4. The Morgan fingerprint density at radius 3 is 2.45 bits per heavy atom. The third-order valence-electron chi connectivity index (χ3n) is 4.94. The highest BCUT2D eigenvalue weighted by atomic mass is 32.1. The van der Waals surface area contributed by atoms with Crippen molar-refractivity contribution in [1.82, 2.24) is 9.55 Å². The molecule has 29 heavy (non-hydrogen) atoms. The van der Waals surface area contributed by atoms with Crippen LogP contribution in [0.3, 0.4) is 0 Å². The van der Waals surface area contributed by atoms with E-state index in [9.17, 15) is 9.90 Å². The molecule has 2 aromatic heterocycles. The van der Waals surface area contributed by atoms with E-state index in [-0.39, 0.29) is 11.3 Å². The number of hydrogen-bond donors (Lipinski definition) is 1. The van der Waals surface area contributed by atoms with Gasteiger partial charge in [0.25, 0.3) is 5.56 Å². The van der Waals surface area contributed by atoms with E-state index in [1.807, 2.05) is 49.6 Å². The monoisotopic (exact) mass is 402 g/mol. The van der Waals surface area contributed by atoms with Gasteiger partial charge in [0.05, 0.1) is 16.8 Å². The van der Waals surface area contributed by atoms with Crippen molar-refractivity contribution in [3.63, 3.8) is 0 Å². The van der Waals surface area contributed by atoms with Gasteiger partial charge in [-0.25, -0.2) is 4.98 Å². The Kier molecular flexibility index (Phi) is 5.32.